The molecule has 1 aliphatic rings. The first-order valence-corrected chi connectivity index (χ1v) is 8.85. The van der Waals surface area contributed by atoms with Gasteiger partial charge in [0.1, 0.15) is 0 Å². The highest BCUT2D eigenvalue weighted by Crippen LogP contribution is 2.40. The van der Waals surface area contributed by atoms with E-state index in [0.29, 0.717) is 23.8 Å². The van der Waals surface area contributed by atoms with Crippen molar-refractivity contribution in [3.8, 4) is 0 Å². The summed E-state index contributed by atoms with van der Waals surface area (Å²) < 4.78 is 0. The Morgan fingerprint density at radius 1 is 1.10 bits per heavy atom. The molecule has 0 amide bonds. The molecule has 1 saturated carbocycles. The van der Waals surface area contributed by atoms with E-state index in [1.165, 1.54) is 31.2 Å². The molecule has 0 saturated heterocycles. The Morgan fingerprint density at radius 3 is 2.33 bits per heavy atom. The van der Waals surface area contributed by atoms with Crippen LogP contribution in [-0.4, -0.2) is 6.04 Å². The maximum absolute atomic E-state index is 6.81. The Kier molecular flexibility index (Phi) is 5.87. The average molecular weight is 287 g/mol. The highest BCUT2D eigenvalue weighted by Gasteiger charge is 2.34. The van der Waals surface area contributed by atoms with Gasteiger partial charge in [0, 0.05) is 12.0 Å². The van der Waals surface area contributed by atoms with E-state index in [1.807, 2.05) is 0 Å². The lowest BCUT2D eigenvalue weighted by Gasteiger charge is -2.40. The van der Waals surface area contributed by atoms with Crippen LogP contribution in [0.3, 0.4) is 0 Å². The van der Waals surface area contributed by atoms with Gasteiger partial charge in [0.25, 0.3) is 0 Å². The Balaban J connectivity index is 2.17. The molecule has 0 bridgehead atoms. The van der Waals surface area contributed by atoms with Gasteiger partial charge in [-0.2, -0.15) is 0 Å². The fourth-order valence-corrected chi connectivity index (χ4v) is 4.09. The molecule has 2 N–H and O–H groups in total. The summed E-state index contributed by atoms with van der Waals surface area (Å²) in [6.45, 7) is 9.46. The third-order valence-corrected chi connectivity index (χ3v) is 6.04. The van der Waals surface area contributed by atoms with Crippen LogP contribution in [0.5, 0.6) is 0 Å². The van der Waals surface area contributed by atoms with Crippen molar-refractivity contribution in [1.82, 2.24) is 0 Å². The van der Waals surface area contributed by atoms with E-state index in [-0.39, 0.29) is 0 Å². The predicted molar refractivity (Wildman–Crippen MR) is 92.3 cm³/mol. The van der Waals surface area contributed by atoms with Crippen LogP contribution in [0.4, 0.5) is 0 Å². The van der Waals surface area contributed by atoms with Gasteiger partial charge < -0.3 is 5.73 Å². The molecule has 21 heavy (non-hydrogen) atoms. The van der Waals surface area contributed by atoms with Gasteiger partial charge in [0.2, 0.25) is 0 Å². The van der Waals surface area contributed by atoms with E-state index >= 15 is 0 Å². The molecule has 0 heterocycles. The molecule has 1 aromatic rings. The number of hydrogen-bond acceptors (Lipinski definition) is 1. The highest BCUT2D eigenvalue weighted by molar-refractivity contribution is 5.22. The van der Waals surface area contributed by atoms with Gasteiger partial charge in [-0.1, -0.05) is 70.9 Å². The largest absolute Gasteiger partial charge is 0.327 e. The van der Waals surface area contributed by atoms with Gasteiger partial charge in [-0.3, -0.25) is 0 Å². The predicted octanol–water partition coefficient (Wildman–Crippen LogP) is 5.22. The fraction of sp³-hybridized carbons (Fsp3) is 0.700. The molecular formula is C20H33N. The van der Waals surface area contributed by atoms with Crippen LogP contribution < -0.4 is 5.73 Å². The Bertz CT molecular complexity index is 413. The maximum atomic E-state index is 6.81. The van der Waals surface area contributed by atoms with Crippen LogP contribution in [0.2, 0.25) is 0 Å². The summed E-state index contributed by atoms with van der Waals surface area (Å²) in [6.07, 6.45) is 5.17. The van der Waals surface area contributed by atoms with E-state index in [1.54, 1.807) is 0 Å². The fourth-order valence-electron chi connectivity index (χ4n) is 4.09. The number of hydrogen-bond donors (Lipinski definition) is 1. The summed E-state index contributed by atoms with van der Waals surface area (Å²) >= 11 is 0. The van der Waals surface area contributed by atoms with Gasteiger partial charge in [-0.15, -0.1) is 0 Å². The highest BCUT2D eigenvalue weighted by atomic mass is 14.7. The lowest BCUT2D eigenvalue weighted by Crippen LogP contribution is -2.42. The second-order valence-electron chi connectivity index (χ2n) is 7.43. The van der Waals surface area contributed by atoms with Crippen molar-refractivity contribution >= 4 is 0 Å². The van der Waals surface area contributed by atoms with Crippen molar-refractivity contribution in [2.75, 3.05) is 0 Å². The van der Waals surface area contributed by atoms with Gasteiger partial charge in [-0.05, 0) is 42.1 Å². The summed E-state index contributed by atoms with van der Waals surface area (Å²) in [5, 5.41) is 0. The minimum absolute atomic E-state index is 0.303. The molecule has 0 radical (unpaired) electrons. The summed E-state index contributed by atoms with van der Waals surface area (Å²) in [5.41, 5.74) is 8.24. The van der Waals surface area contributed by atoms with Crippen LogP contribution in [0.15, 0.2) is 30.3 Å². The first-order chi connectivity index (χ1) is 10.0. The van der Waals surface area contributed by atoms with Crippen molar-refractivity contribution in [2.24, 2.45) is 29.4 Å². The van der Waals surface area contributed by atoms with E-state index in [4.69, 9.17) is 5.73 Å². The van der Waals surface area contributed by atoms with Crippen molar-refractivity contribution in [3.05, 3.63) is 35.9 Å². The van der Waals surface area contributed by atoms with Gasteiger partial charge in [-0.25, -0.2) is 0 Å². The van der Waals surface area contributed by atoms with Gasteiger partial charge in [0.05, 0.1) is 0 Å². The van der Waals surface area contributed by atoms with Crippen LogP contribution in [0, 0.1) is 23.7 Å². The molecule has 6 unspecified atom stereocenters. The first-order valence-electron chi connectivity index (χ1n) is 8.85. The minimum Gasteiger partial charge on any atom is -0.327 e. The number of benzene rings is 1. The molecule has 0 spiro atoms. The molecule has 6 atom stereocenters. The Labute approximate surface area is 131 Å². The summed E-state index contributed by atoms with van der Waals surface area (Å²) in [5.74, 6) is 3.53. The molecule has 1 heteroatoms. The number of rotatable bonds is 5. The molecule has 1 nitrogen and oxygen atoms in total. The van der Waals surface area contributed by atoms with E-state index in [0.717, 1.165) is 11.8 Å². The molecule has 1 fully saturated rings. The zero-order chi connectivity index (χ0) is 15.4. The smallest absolute Gasteiger partial charge is 0.0139 e. The van der Waals surface area contributed by atoms with E-state index in [9.17, 15) is 0 Å². The summed E-state index contributed by atoms with van der Waals surface area (Å²) in [6, 6.07) is 11.3. The monoisotopic (exact) mass is 287 g/mol. The molecule has 1 aromatic carbocycles. The molecule has 2 rings (SSSR count). The molecule has 0 aromatic heterocycles. The standard InChI is InChI=1S/C20H33N/c1-5-14(2)19(17-9-7-6-8-10-17)20(21)18-12-11-15(3)16(4)13-18/h6-10,14-16,18-20H,5,11-13,21H2,1-4H3. The molecular weight excluding hydrogens is 254 g/mol. The van der Waals surface area contributed by atoms with Gasteiger partial charge in [0.15, 0.2) is 0 Å². The van der Waals surface area contributed by atoms with Crippen LogP contribution in [0.25, 0.3) is 0 Å². The quantitative estimate of drug-likeness (QED) is 0.790. The Hall–Kier alpha value is -0.820. The SMILES string of the molecule is CCC(C)C(c1ccccc1)C(N)C1CCC(C)C(C)C1. The first kappa shape index (κ1) is 16.5. The van der Waals surface area contributed by atoms with Crippen LogP contribution in [-0.2, 0) is 0 Å². The third kappa shape index (κ3) is 3.88. The lowest BCUT2D eigenvalue weighted by atomic mass is 9.67. The Morgan fingerprint density at radius 2 is 1.76 bits per heavy atom. The minimum atomic E-state index is 0.303. The zero-order valence-corrected chi connectivity index (χ0v) is 14.3. The normalized spacial score (nSPS) is 30.6. The molecule has 1 aliphatic carbocycles. The van der Waals surface area contributed by atoms with Crippen molar-refractivity contribution < 1.29 is 0 Å². The summed E-state index contributed by atoms with van der Waals surface area (Å²) in [7, 11) is 0. The average Bonchev–Trinajstić information content (AvgIpc) is 2.51. The van der Waals surface area contributed by atoms with Gasteiger partial charge >= 0.3 is 0 Å². The second-order valence-corrected chi connectivity index (χ2v) is 7.43. The maximum Gasteiger partial charge on any atom is 0.0139 e. The van der Waals surface area contributed by atoms with Crippen molar-refractivity contribution in [3.63, 3.8) is 0 Å². The molecule has 118 valence electrons. The van der Waals surface area contributed by atoms with Crippen molar-refractivity contribution in [2.45, 2.75) is 65.3 Å². The third-order valence-electron chi connectivity index (χ3n) is 6.04. The lowest BCUT2D eigenvalue weighted by molar-refractivity contribution is 0.163. The van der Waals surface area contributed by atoms with Crippen molar-refractivity contribution in [1.29, 1.82) is 0 Å². The van der Waals surface area contributed by atoms with E-state index in [2.05, 4.69) is 58.0 Å². The second kappa shape index (κ2) is 7.45. The van der Waals surface area contributed by atoms with E-state index < -0.39 is 0 Å². The van der Waals surface area contributed by atoms with Crippen LogP contribution in [0.1, 0.15) is 64.9 Å². The molecule has 0 aliphatic heterocycles. The topological polar surface area (TPSA) is 26.0 Å². The summed E-state index contributed by atoms with van der Waals surface area (Å²) in [4.78, 5) is 0. The number of nitrogens with two attached hydrogens (primary N) is 1. The van der Waals surface area contributed by atoms with Crippen LogP contribution >= 0.6 is 0 Å². The zero-order valence-electron chi connectivity index (χ0n) is 14.3.